The predicted molar refractivity (Wildman–Crippen MR) is 99.4 cm³/mol. The van der Waals surface area contributed by atoms with Crippen LogP contribution in [0.3, 0.4) is 0 Å². The molecule has 1 aliphatic heterocycles. The van der Waals surface area contributed by atoms with Crippen LogP contribution in [-0.2, 0) is 4.79 Å². The highest BCUT2D eigenvalue weighted by atomic mass is 32.1. The number of carbonyl (C=O) groups excluding carboxylic acids is 3. The van der Waals surface area contributed by atoms with E-state index >= 15 is 0 Å². The van der Waals surface area contributed by atoms with Crippen molar-refractivity contribution in [2.24, 2.45) is 0 Å². The summed E-state index contributed by atoms with van der Waals surface area (Å²) in [6, 6.07) is 11.1. The summed E-state index contributed by atoms with van der Waals surface area (Å²) in [6.45, 7) is 3.47. The zero-order valence-corrected chi connectivity index (χ0v) is 15.0. The summed E-state index contributed by atoms with van der Waals surface area (Å²) in [7, 11) is 0. The van der Waals surface area contributed by atoms with Gasteiger partial charge in [0.25, 0.3) is 11.8 Å². The Morgan fingerprint density at radius 3 is 2.42 bits per heavy atom. The van der Waals surface area contributed by atoms with Crippen molar-refractivity contribution in [2.45, 2.75) is 19.9 Å². The normalized spacial score (nSPS) is 14.6. The Balaban J connectivity index is 1.56. The minimum Gasteiger partial charge on any atom is -0.324 e. The Morgan fingerprint density at radius 2 is 1.77 bits per heavy atom. The topological polar surface area (TPSA) is 79.4 Å². The van der Waals surface area contributed by atoms with Crippen molar-refractivity contribution in [2.75, 3.05) is 5.32 Å². The van der Waals surface area contributed by atoms with Crippen molar-refractivity contribution in [3.63, 3.8) is 0 Å². The Hall–Kier alpha value is -3.06. The van der Waals surface area contributed by atoms with Crippen molar-refractivity contribution >= 4 is 45.0 Å². The molecule has 2 aromatic carbocycles. The van der Waals surface area contributed by atoms with E-state index in [1.165, 1.54) is 11.3 Å². The molecule has 26 heavy (non-hydrogen) atoms. The highest BCUT2D eigenvalue weighted by molar-refractivity contribution is 7.18. The van der Waals surface area contributed by atoms with Gasteiger partial charge >= 0.3 is 0 Å². The van der Waals surface area contributed by atoms with E-state index in [1.807, 2.05) is 19.1 Å². The number of thiazole rings is 1. The lowest BCUT2D eigenvalue weighted by Gasteiger charge is -2.21. The summed E-state index contributed by atoms with van der Waals surface area (Å²) in [5.74, 6) is -1.30. The van der Waals surface area contributed by atoms with Crippen LogP contribution in [0.2, 0.25) is 0 Å². The van der Waals surface area contributed by atoms with Gasteiger partial charge in [0.1, 0.15) is 6.04 Å². The molecule has 0 saturated carbocycles. The number of imide groups is 1. The van der Waals surface area contributed by atoms with Crippen LogP contribution in [0.5, 0.6) is 0 Å². The number of anilines is 1. The summed E-state index contributed by atoms with van der Waals surface area (Å²) in [4.78, 5) is 43.0. The first-order chi connectivity index (χ1) is 12.5. The highest BCUT2D eigenvalue weighted by Gasteiger charge is 2.40. The third kappa shape index (κ3) is 2.57. The van der Waals surface area contributed by atoms with Gasteiger partial charge < -0.3 is 5.32 Å². The maximum Gasteiger partial charge on any atom is 0.262 e. The number of hydrogen-bond acceptors (Lipinski definition) is 5. The van der Waals surface area contributed by atoms with Crippen LogP contribution in [0.25, 0.3) is 10.2 Å². The van der Waals surface area contributed by atoms with E-state index in [4.69, 9.17) is 0 Å². The molecule has 2 heterocycles. The molecule has 1 aromatic heterocycles. The van der Waals surface area contributed by atoms with Crippen molar-refractivity contribution in [1.82, 2.24) is 9.88 Å². The monoisotopic (exact) mass is 365 g/mol. The van der Waals surface area contributed by atoms with E-state index in [0.717, 1.165) is 20.1 Å². The van der Waals surface area contributed by atoms with Gasteiger partial charge in [0.15, 0.2) is 0 Å². The smallest absolute Gasteiger partial charge is 0.262 e. The fourth-order valence-electron chi connectivity index (χ4n) is 3.04. The molecule has 1 unspecified atom stereocenters. The van der Waals surface area contributed by atoms with E-state index in [9.17, 15) is 14.4 Å². The Bertz CT molecular complexity index is 1040. The molecule has 4 rings (SSSR count). The average Bonchev–Trinajstić information content (AvgIpc) is 3.11. The highest BCUT2D eigenvalue weighted by Crippen LogP contribution is 2.27. The van der Waals surface area contributed by atoms with E-state index in [-0.39, 0.29) is 0 Å². The second-order valence-corrected chi connectivity index (χ2v) is 7.34. The first-order valence-corrected chi connectivity index (χ1v) is 8.92. The van der Waals surface area contributed by atoms with Gasteiger partial charge in [-0.2, -0.15) is 0 Å². The molecule has 0 bridgehead atoms. The maximum atomic E-state index is 12.6. The lowest BCUT2D eigenvalue weighted by atomic mass is 10.1. The summed E-state index contributed by atoms with van der Waals surface area (Å²) < 4.78 is 0.966. The molecule has 0 radical (unpaired) electrons. The van der Waals surface area contributed by atoms with Crippen molar-refractivity contribution in [1.29, 1.82) is 0 Å². The zero-order chi connectivity index (χ0) is 18.4. The van der Waals surface area contributed by atoms with Gasteiger partial charge in [-0.3, -0.25) is 19.3 Å². The SMILES string of the molecule is Cc1nc2ccc(NC(=O)C(C)N3C(=O)c4ccccc4C3=O)cc2s1. The van der Waals surface area contributed by atoms with Gasteiger partial charge in [0.2, 0.25) is 5.91 Å². The van der Waals surface area contributed by atoms with Gasteiger partial charge in [-0.15, -0.1) is 11.3 Å². The summed E-state index contributed by atoms with van der Waals surface area (Å²) in [5.41, 5.74) is 2.14. The molecule has 6 nitrogen and oxygen atoms in total. The molecule has 3 aromatic rings. The Labute approximate surface area is 153 Å². The Morgan fingerprint density at radius 1 is 1.12 bits per heavy atom. The third-order valence-corrected chi connectivity index (χ3v) is 5.29. The molecular weight excluding hydrogens is 350 g/mol. The molecule has 0 spiro atoms. The molecule has 1 atom stereocenters. The quantitative estimate of drug-likeness (QED) is 0.723. The summed E-state index contributed by atoms with van der Waals surface area (Å²) in [5, 5.41) is 3.73. The lowest BCUT2D eigenvalue weighted by molar-refractivity contribution is -0.119. The lowest BCUT2D eigenvalue weighted by Crippen LogP contribution is -2.45. The van der Waals surface area contributed by atoms with E-state index < -0.39 is 23.8 Å². The number of hydrogen-bond donors (Lipinski definition) is 1. The van der Waals surface area contributed by atoms with Gasteiger partial charge in [-0.25, -0.2) is 4.98 Å². The number of aromatic nitrogens is 1. The fraction of sp³-hybridized carbons (Fsp3) is 0.158. The number of carbonyl (C=O) groups is 3. The largest absolute Gasteiger partial charge is 0.324 e. The summed E-state index contributed by atoms with van der Waals surface area (Å²) >= 11 is 1.54. The van der Waals surface area contributed by atoms with Crippen LogP contribution in [0.15, 0.2) is 42.5 Å². The number of nitrogens with one attached hydrogen (secondary N) is 1. The van der Waals surface area contributed by atoms with Gasteiger partial charge in [-0.05, 0) is 44.2 Å². The molecule has 0 aliphatic carbocycles. The first-order valence-electron chi connectivity index (χ1n) is 8.10. The fourth-order valence-corrected chi connectivity index (χ4v) is 3.91. The zero-order valence-electron chi connectivity index (χ0n) is 14.1. The average molecular weight is 365 g/mol. The van der Waals surface area contributed by atoms with Crippen LogP contribution in [-0.4, -0.2) is 33.6 Å². The maximum absolute atomic E-state index is 12.6. The summed E-state index contributed by atoms with van der Waals surface area (Å²) in [6.07, 6.45) is 0. The van der Waals surface area contributed by atoms with Crippen molar-refractivity contribution < 1.29 is 14.4 Å². The molecule has 0 fully saturated rings. The molecule has 1 aliphatic rings. The van der Waals surface area contributed by atoms with Gasteiger partial charge in [0.05, 0.1) is 26.4 Å². The molecule has 7 heteroatoms. The molecular formula is C19H15N3O3S. The van der Waals surface area contributed by atoms with Crippen LogP contribution in [0.4, 0.5) is 5.69 Å². The second kappa shape index (κ2) is 6.03. The molecule has 0 saturated heterocycles. The predicted octanol–water partition coefficient (Wildman–Crippen LogP) is 3.23. The number of aryl methyl sites for hydroxylation is 1. The second-order valence-electron chi connectivity index (χ2n) is 6.11. The number of fused-ring (bicyclic) bond motifs is 2. The molecule has 3 amide bonds. The van der Waals surface area contributed by atoms with Crippen LogP contribution < -0.4 is 5.32 Å². The molecule has 130 valence electrons. The number of amides is 3. The number of rotatable bonds is 3. The van der Waals surface area contributed by atoms with Gasteiger partial charge in [0, 0.05) is 5.69 Å². The van der Waals surface area contributed by atoms with Crippen LogP contribution in [0.1, 0.15) is 32.6 Å². The van der Waals surface area contributed by atoms with Gasteiger partial charge in [-0.1, -0.05) is 12.1 Å². The van der Waals surface area contributed by atoms with E-state index in [1.54, 1.807) is 37.3 Å². The van der Waals surface area contributed by atoms with Crippen molar-refractivity contribution in [3.05, 3.63) is 58.6 Å². The van der Waals surface area contributed by atoms with Crippen LogP contribution in [0, 0.1) is 6.92 Å². The Kier molecular flexibility index (Phi) is 3.81. The first kappa shape index (κ1) is 16.4. The standard InChI is InChI=1S/C19H15N3O3S/c1-10(22-18(24)13-5-3-4-6-14(13)19(22)25)17(23)21-12-7-8-15-16(9-12)26-11(2)20-15/h3-10H,1-2H3,(H,21,23). The van der Waals surface area contributed by atoms with Crippen molar-refractivity contribution in [3.8, 4) is 0 Å². The minimum atomic E-state index is -0.915. The number of nitrogens with zero attached hydrogens (tertiary/aromatic N) is 2. The molecule has 1 N–H and O–H groups in total. The van der Waals surface area contributed by atoms with E-state index in [0.29, 0.717) is 16.8 Å². The number of benzene rings is 2. The van der Waals surface area contributed by atoms with Crippen LogP contribution >= 0.6 is 11.3 Å². The minimum absolute atomic E-state index is 0.332. The van der Waals surface area contributed by atoms with E-state index in [2.05, 4.69) is 10.3 Å². The third-order valence-electron chi connectivity index (χ3n) is 4.36.